The zero-order valence-electron chi connectivity index (χ0n) is 17.1. The number of amides is 2. The summed E-state index contributed by atoms with van der Waals surface area (Å²) in [5.41, 5.74) is 8.13. The lowest BCUT2D eigenvalue weighted by Crippen LogP contribution is -2.46. The molecule has 2 saturated heterocycles. The first kappa shape index (κ1) is 23.1. The summed E-state index contributed by atoms with van der Waals surface area (Å²) in [6, 6.07) is 2.23. The van der Waals surface area contributed by atoms with E-state index >= 15 is 0 Å². The van der Waals surface area contributed by atoms with Gasteiger partial charge in [-0.25, -0.2) is 19.0 Å². The Morgan fingerprint density at radius 3 is 2.68 bits per heavy atom. The van der Waals surface area contributed by atoms with Crippen molar-refractivity contribution in [3.63, 3.8) is 0 Å². The highest BCUT2D eigenvalue weighted by Gasteiger charge is 2.34. The van der Waals surface area contributed by atoms with E-state index in [9.17, 15) is 18.4 Å². The molecule has 3 rings (SSSR count). The van der Waals surface area contributed by atoms with Crippen molar-refractivity contribution >= 4 is 40.6 Å². The molecule has 1 aromatic rings. The Balaban J connectivity index is 1.71. The van der Waals surface area contributed by atoms with Crippen LogP contribution in [-0.4, -0.2) is 74.5 Å². The Bertz CT molecular complexity index is 836. The molecule has 0 saturated carbocycles. The Morgan fingerprint density at radius 2 is 2.03 bits per heavy atom. The molecule has 1 atom stereocenters. The molecular formula is C19H25F2N5O4S. The number of hydrogen-bond acceptors (Lipinski definition) is 8. The first-order chi connectivity index (χ1) is 14.8. The largest absolute Gasteiger partial charge is 0.490 e. The summed E-state index contributed by atoms with van der Waals surface area (Å²) in [5, 5.41) is 1.74. The highest BCUT2D eigenvalue weighted by molar-refractivity contribution is 7.80. The molecule has 170 valence electrons. The average molecular weight is 458 g/mol. The van der Waals surface area contributed by atoms with Crippen LogP contribution in [0.2, 0.25) is 0 Å². The Kier molecular flexibility index (Phi) is 7.57. The van der Waals surface area contributed by atoms with Gasteiger partial charge in [0.15, 0.2) is 16.7 Å². The lowest BCUT2D eigenvalue weighted by molar-refractivity contribution is -0.132. The molecule has 2 amide bonds. The van der Waals surface area contributed by atoms with Crippen LogP contribution in [0.4, 0.5) is 25.0 Å². The maximum atomic E-state index is 14.9. The second kappa shape index (κ2) is 10.2. The van der Waals surface area contributed by atoms with Crippen LogP contribution in [0.1, 0.15) is 12.8 Å². The second-order valence-electron chi connectivity index (χ2n) is 7.13. The van der Waals surface area contributed by atoms with Gasteiger partial charge in [-0.05, 0) is 18.6 Å². The van der Waals surface area contributed by atoms with E-state index in [0.717, 1.165) is 12.1 Å². The summed E-state index contributed by atoms with van der Waals surface area (Å²) in [7, 11) is 1.47. The van der Waals surface area contributed by atoms with Crippen molar-refractivity contribution in [2.24, 2.45) is 5.73 Å². The third kappa shape index (κ3) is 5.38. The number of thiocarbonyl (C=S) groups is 1. The number of carbonyl (C=O) groups is 2. The van der Waals surface area contributed by atoms with Crippen molar-refractivity contribution in [2.75, 3.05) is 56.2 Å². The van der Waals surface area contributed by atoms with Crippen molar-refractivity contribution in [3.05, 3.63) is 23.8 Å². The van der Waals surface area contributed by atoms with Crippen LogP contribution in [0.15, 0.2) is 12.1 Å². The fourth-order valence-electron chi connectivity index (χ4n) is 3.55. The average Bonchev–Trinajstić information content (AvgIpc) is 2.95. The number of nitrogens with one attached hydrogen (secondary N) is 1. The number of methoxy groups -OCH3 is 1. The molecule has 0 bridgehead atoms. The van der Waals surface area contributed by atoms with E-state index in [1.807, 2.05) is 0 Å². The van der Waals surface area contributed by atoms with Gasteiger partial charge < -0.3 is 20.1 Å². The summed E-state index contributed by atoms with van der Waals surface area (Å²) < 4.78 is 40.0. The molecule has 0 aliphatic carbocycles. The van der Waals surface area contributed by atoms with Crippen molar-refractivity contribution < 1.29 is 27.8 Å². The number of anilines is 2. The van der Waals surface area contributed by atoms with Gasteiger partial charge >= 0.3 is 6.09 Å². The van der Waals surface area contributed by atoms with E-state index in [2.05, 4.69) is 5.43 Å². The highest BCUT2D eigenvalue weighted by Crippen LogP contribution is 2.31. The topological polar surface area (TPSA) is 100 Å². The predicted molar refractivity (Wildman–Crippen MR) is 114 cm³/mol. The van der Waals surface area contributed by atoms with E-state index in [1.54, 1.807) is 0 Å². The molecular weight excluding hydrogens is 432 g/mol. The molecule has 0 spiro atoms. The van der Waals surface area contributed by atoms with Gasteiger partial charge in [0.05, 0.1) is 32.4 Å². The van der Waals surface area contributed by atoms with Gasteiger partial charge in [0, 0.05) is 38.2 Å². The number of ether oxygens (including phenoxy) is 2. The molecule has 2 heterocycles. The number of hydrazine groups is 1. The lowest BCUT2D eigenvalue weighted by atomic mass is 10.2. The SMILES string of the molecule is COC(=S)CC[C@H]1CN(c2cc(F)c(N3CCNN(C(=O)CN)CC3)c(F)c2)C(=O)O1. The molecule has 0 radical (unpaired) electrons. The first-order valence-corrected chi connectivity index (χ1v) is 10.3. The van der Waals surface area contributed by atoms with Crippen molar-refractivity contribution in [1.29, 1.82) is 0 Å². The number of nitrogens with two attached hydrogens (primary N) is 1. The summed E-state index contributed by atoms with van der Waals surface area (Å²) in [4.78, 5) is 26.7. The van der Waals surface area contributed by atoms with E-state index in [4.69, 9.17) is 27.4 Å². The van der Waals surface area contributed by atoms with Gasteiger partial charge in [-0.15, -0.1) is 0 Å². The summed E-state index contributed by atoms with van der Waals surface area (Å²) in [6.45, 7) is 1.05. The van der Waals surface area contributed by atoms with E-state index < -0.39 is 23.8 Å². The van der Waals surface area contributed by atoms with Gasteiger partial charge in [-0.3, -0.25) is 14.7 Å². The van der Waals surface area contributed by atoms with E-state index in [0.29, 0.717) is 24.4 Å². The van der Waals surface area contributed by atoms with Crippen molar-refractivity contribution in [2.45, 2.75) is 18.9 Å². The number of rotatable bonds is 6. The fraction of sp³-hybridized carbons (Fsp3) is 0.526. The highest BCUT2D eigenvalue weighted by atomic mass is 32.1. The number of nitrogens with zero attached hydrogens (tertiary/aromatic N) is 3. The van der Waals surface area contributed by atoms with Crippen LogP contribution in [0.3, 0.4) is 0 Å². The Labute approximate surface area is 184 Å². The molecule has 1 aromatic carbocycles. The predicted octanol–water partition coefficient (Wildman–Crippen LogP) is 1.16. The fourth-order valence-corrected chi connectivity index (χ4v) is 3.67. The van der Waals surface area contributed by atoms with Crippen LogP contribution >= 0.6 is 12.2 Å². The van der Waals surface area contributed by atoms with Crippen molar-refractivity contribution in [3.8, 4) is 0 Å². The maximum Gasteiger partial charge on any atom is 0.414 e. The molecule has 2 aliphatic rings. The Morgan fingerprint density at radius 1 is 1.32 bits per heavy atom. The normalized spacial score (nSPS) is 19.3. The van der Waals surface area contributed by atoms with Gasteiger partial charge in [0.2, 0.25) is 5.91 Å². The van der Waals surface area contributed by atoms with Crippen LogP contribution in [0.5, 0.6) is 0 Å². The summed E-state index contributed by atoms with van der Waals surface area (Å²) in [5.74, 6) is -1.90. The molecule has 0 unspecified atom stereocenters. The minimum Gasteiger partial charge on any atom is -0.490 e. The monoisotopic (exact) mass is 457 g/mol. The minimum atomic E-state index is -0.801. The van der Waals surface area contributed by atoms with Crippen LogP contribution < -0.4 is 21.0 Å². The standard InChI is InChI=1S/C19H25F2N5O4S/c1-29-17(31)3-2-13-11-25(19(28)30-13)12-8-14(20)18(15(21)9-12)24-5-4-23-26(7-6-24)16(27)10-22/h8-9,13,23H,2-7,10-11,22H2,1H3/t13-/m0/s1. The zero-order chi connectivity index (χ0) is 22.5. The third-order valence-corrected chi connectivity index (χ3v) is 5.53. The van der Waals surface area contributed by atoms with Crippen LogP contribution in [-0.2, 0) is 14.3 Å². The number of hydrogen-bond donors (Lipinski definition) is 2. The van der Waals surface area contributed by atoms with Crippen molar-refractivity contribution in [1.82, 2.24) is 10.4 Å². The quantitative estimate of drug-likeness (QED) is 0.614. The lowest BCUT2D eigenvalue weighted by Gasteiger charge is -2.25. The first-order valence-electron chi connectivity index (χ1n) is 9.87. The van der Waals surface area contributed by atoms with Crippen LogP contribution in [0, 0.1) is 11.6 Å². The molecule has 2 aliphatic heterocycles. The van der Waals surface area contributed by atoms with E-state index in [-0.39, 0.29) is 50.0 Å². The van der Waals surface area contributed by atoms with E-state index in [1.165, 1.54) is 21.9 Å². The summed E-state index contributed by atoms with van der Waals surface area (Å²) in [6.07, 6.45) is -0.230. The number of benzene rings is 1. The number of carbonyl (C=O) groups excluding carboxylic acids is 2. The molecule has 3 N–H and O–H groups in total. The third-order valence-electron chi connectivity index (χ3n) is 5.16. The number of halogens is 2. The van der Waals surface area contributed by atoms with Gasteiger partial charge in [0.1, 0.15) is 11.8 Å². The second-order valence-corrected chi connectivity index (χ2v) is 7.59. The maximum absolute atomic E-state index is 14.9. The molecule has 2 fully saturated rings. The van der Waals surface area contributed by atoms with Crippen LogP contribution in [0.25, 0.3) is 0 Å². The summed E-state index contributed by atoms with van der Waals surface area (Å²) >= 11 is 4.98. The Hall–Kier alpha value is -2.57. The molecule has 0 aromatic heterocycles. The molecule has 31 heavy (non-hydrogen) atoms. The molecule has 9 nitrogen and oxygen atoms in total. The zero-order valence-corrected chi connectivity index (χ0v) is 17.9. The minimum absolute atomic E-state index is 0.0773. The van der Waals surface area contributed by atoms with Gasteiger partial charge in [0.25, 0.3) is 0 Å². The smallest absolute Gasteiger partial charge is 0.414 e. The number of cyclic esters (lactones) is 1. The van der Waals surface area contributed by atoms with Gasteiger partial charge in [-0.1, -0.05) is 0 Å². The van der Waals surface area contributed by atoms with Gasteiger partial charge in [-0.2, -0.15) is 0 Å². The molecule has 12 heteroatoms.